The zero-order valence-corrected chi connectivity index (χ0v) is 21.1. The van der Waals surface area contributed by atoms with Crippen LogP contribution in [0.2, 0.25) is 18.1 Å². The predicted octanol–water partition coefficient (Wildman–Crippen LogP) is 5.65. The Morgan fingerprint density at radius 2 is 1.79 bits per heavy atom. The van der Waals surface area contributed by atoms with Crippen molar-refractivity contribution in [2.45, 2.75) is 52.8 Å². The Balaban J connectivity index is 2.09. The van der Waals surface area contributed by atoms with Gasteiger partial charge in [0.25, 0.3) is 0 Å². The summed E-state index contributed by atoms with van der Waals surface area (Å²) in [6, 6.07) is 2.10. The van der Waals surface area contributed by atoms with Crippen LogP contribution in [-0.2, 0) is 7.05 Å². The second-order valence-electron chi connectivity index (χ2n) is 8.89. The lowest BCUT2D eigenvalue weighted by Gasteiger charge is -2.31. The third-order valence-electron chi connectivity index (χ3n) is 5.84. The van der Waals surface area contributed by atoms with Crippen molar-refractivity contribution >= 4 is 41.7 Å². The zero-order valence-electron chi connectivity index (χ0n) is 17.9. The number of nitrogens with zero attached hydrogens (tertiary/aromatic N) is 4. The smallest absolute Gasteiger partial charge is 0.144 e. The predicted molar refractivity (Wildman–Crippen MR) is 128 cm³/mol. The fraction of sp³-hybridized carbons (Fsp3) is 0.409. The summed E-state index contributed by atoms with van der Waals surface area (Å²) in [6.07, 6.45) is 3.58. The SMILES string of the molecule is Cc1cc(C#C[Si](C)(C)C(C)(C)C)ncc1-c1c(I)c2c(C)ncnc2n1C. The minimum atomic E-state index is -1.65. The summed E-state index contributed by atoms with van der Waals surface area (Å²) in [6.45, 7) is 15.6. The highest BCUT2D eigenvalue weighted by Gasteiger charge is 2.33. The van der Waals surface area contributed by atoms with E-state index in [9.17, 15) is 0 Å². The first-order valence-corrected chi connectivity index (χ1v) is 13.5. The number of rotatable bonds is 1. The molecule has 0 saturated heterocycles. The van der Waals surface area contributed by atoms with Gasteiger partial charge in [0.15, 0.2) is 0 Å². The molecule has 3 aromatic rings. The van der Waals surface area contributed by atoms with Gasteiger partial charge >= 0.3 is 0 Å². The van der Waals surface area contributed by atoms with Crippen molar-refractivity contribution in [3.8, 4) is 22.7 Å². The Labute approximate surface area is 182 Å². The maximum Gasteiger partial charge on any atom is 0.144 e. The average Bonchev–Trinajstić information content (AvgIpc) is 2.85. The van der Waals surface area contributed by atoms with Crippen LogP contribution >= 0.6 is 22.6 Å². The summed E-state index contributed by atoms with van der Waals surface area (Å²) in [5.74, 6) is 3.35. The van der Waals surface area contributed by atoms with E-state index >= 15 is 0 Å². The first-order chi connectivity index (χ1) is 12.9. The number of aryl methyl sites for hydroxylation is 3. The Bertz CT molecular complexity index is 1130. The molecule has 0 aromatic carbocycles. The van der Waals surface area contributed by atoms with E-state index in [1.54, 1.807) is 6.33 Å². The summed E-state index contributed by atoms with van der Waals surface area (Å²) in [5, 5.41) is 1.36. The lowest BCUT2D eigenvalue weighted by Crippen LogP contribution is -2.35. The monoisotopic (exact) mass is 502 g/mol. The highest BCUT2D eigenvalue weighted by Crippen LogP contribution is 2.36. The molecule has 0 aliphatic rings. The van der Waals surface area contributed by atoms with E-state index < -0.39 is 8.07 Å². The average molecular weight is 502 g/mol. The maximum atomic E-state index is 4.67. The van der Waals surface area contributed by atoms with Gasteiger partial charge in [0.05, 0.1) is 20.3 Å². The van der Waals surface area contributed by atoms with Crippen LogP contribution in [0.5, 0.6) is 0 Å². The number of hydrogen-bond donors (Lipinski definition) is 0. The van der Waals surface area contributed by atoms with Crippen LogP contribution in [0.25, 0.3) is 22.3 Å². The molecule has 0 N–H and O–H groups in total. The van der Waals surface area contributed by atoms with Gasteiger partial charge in [-0.25, -0.2) is 15.0 Å². The molecule has 146 valence electrons. The minimum Gasteiger partial charge on any atom is -0.327 e. The topological polar surface area (TPSA) is 43.6 Å². The van der Waals surface area contributed by atoms with Gasteiger partial charge in [0.1, 0.15) is 25.7 Å². The molecule has 0 spiro atoms. The molecule has 3 rings (SSSR count). The fourth-order valence-electron chi connectivity index (χ4n) is 2.92. The van der Waals surface area contributed by atoms with Crippen LogP contribution in [0, 0.1) is 28.9 Å². The second kappa shape index (κ2) is 7.27. The lowest BCUT2D eigenvalue weighted by atomic mass is 10.1. The third kappa shape index (κ3) is 3.62. The maximum absolute atomic E-state index is 4.67. The Morgan fingerprint density at radius 1 is 1.11 bits per heavy atom. The van der Waals surface area contributed by atoms with E-state index in [4.69, 9.17) is 0 Å². The quantitative estimate of drug-likeness (QED) is 0.245. The Kier molecular flexibility index (Phi) is 5.45. The van der Waals surface area contributed by atoms with Crippen molar-refractivity contribution < 1.29 is 0 Å². The number of fused-ring (bicyclic) bond motifs is 1. The summed E-state index contributed by atoms with van der Waals surface area (Å²) in [5.41, 5.74) is 9.76. The molecule has 4 nitrogen and oxygen atoms in total. The van der Waals surface area contributed by atoms with E-state index in [1.165, 1.54) is 9.13 Å². The minimum absolute atomic E-state index is 0.243. The first-order valence-electron chi connectivity index (χ1n) is 9.39. The van der Waals surface area contributed by atoms with Crippen LogP contribution in [-0.4, -0.2) is 27.6 Å². The zero-order chi connectivity index (χ0) is 20.9. The number of aromatic nitrogens is 4. The number of hydrogen-bond acceptors (Lipinski definition) is 3. The lowest BCUT2D eigenvalue weighted by molar-refractivity contribution is 0.731. The Hall–Kier alpha value is -1.72. The molecular formula is C22H27IN4Si. The highest BCUT2D eigenvalue weighted by molar-refractivity contribution is 14.1. The van der Waals surface area contributed by atoms with Gasteiger partial charge < -0.3 is 4.57 Å². The third-order valence-corrected chi connectivity index (χ3v) is 11.4. The van der Waals surface area contributed by atoms with Gasteiger partial charge in [0.2, 0.25) is 0 Å². The van der Waals surface area contributed by atoms with Gasteiger partial charge in [-0.3, -0.25) is 0 Å². The van der Waals surface area contributed by atoms with Gasteiger partial charge in [-0.15, -0.1) is 5.54 Å². The standard InChI is InChI=1S/C22H27IN4Si/c1-14-11-16(9-10-28(7,8)22(3,4)5)24-12-17(14)20-19(23)18-15(2)25-13-26-21(18)27(20)6/h11-13H,1-8H3. The van der Waals surface area contributed by atoms with Crippen LogP contribution in [0.3, 0.4) is 0 Å². The number of pyridine rings is 1. The van der Waals surface area contributed by atoms with Crippen LogP contribution < -0.4 is 0 Å². The van der Waals surface area contributed by atoms with Gasteiger partial charge in [0, 0.05) is 18.8 Å². The molecule has 0 aliphatic heterocycles. The summed E-state index contributed by atoms with van der Waals surface area (Å²) < 4.78 is 3.30. The normalized spacial score (nSPS) is 12.2. The van der Waals surface area contributed by atoms with E-state index in [-0.39, 0.29) is 5.04 Å². The van der Waals surface area contributed by atoms with Gasteiger partial charge in [-0.1, -0.05) is 39.8 Å². The molecule has 0 amide bonds. The second-order valence-corrected chi connectivity index (χ2v) is 15.0. The molecule has 3 aromatic heterocycles. The number of halogens is 1. The highest BCUT2D eigenvalue weighted by atomic mass is 127. The molecular weight excluding hydrogens is 475 g/mol. The van der Waals surface area contributed by atoms with Gasteiger partial charge in [-0.2, -0.15) is 0 Å². The fourth-order valence-corrected chi connectivity index (χ4v) is 5.02. The van der Waals surface area contributed by atoms with E-state index in [0.717, 1.165) is 33.7 Å². The van der Waals surface area contributed by atoms with Crippen molar-refractivity contribution in [1.29, 1.82) is 0 Å². The molecule has 0 aliphatic carbocycles. The summed E-state index contributed by atoms with van der Waals surface area (Å²) in [4.78, 5) is 13.5. The van der Waals surface area contributed by atoms with Crippen LogP contribution in [0.4, 0.5) is 0 Å². The van der Waals surface area contributed by atoms with Crippen molar-refractivity contribution in [3.05, 3.63) is 39.1 Å². The summed E-state index contributed by atoms with van der Waals surface area (Å²) >= 11 is 2.40. The molecule has 0 atom stereocenters. The van der Waals surface area contributed by atoms with E-state index in [0.29, 0.717) is 0 Å². The molecule has 0 bridgehead atoms. The van der Waals surface area contributed by atoms with Crippen molar-refractivity contribution in [1.82, 2.24) is 19.5 Å². The van der Waals surface area contributed by atoms with Crippen LogP contribution in [0.1, 0.15) is 37.7 Å². The molecule has 28 heavy (non-hydrogen) atoms. The molecule has 6 heteroatoms. The van der Waals surface area contributed by atoms with Crippen molar-refractivity contribution in [2.24, 2.45) is 7.05 Å². The van der Waals surface area contributed by atoms with Crippen LogP contribution in [0.15, 0.2) is 18.6 Å². The molecule has 0 radical (unpaired) electrons. The van der Waals surface area contributed by atoms with Crippen molar-refractivity contribution in [2.75, 3.05) is 0 Å². The van der Waals surface area contributed by atoms with Crippen molar-refractivity contribution in [3.63, 3.8) is 0 Å². The first kappa shape index (κ1) is 21.0. The van der Waals surface area contributed by atoms with E-state index in [1.807, 2.05) is 13.1 Å². The summed E-state index contributed by atoms with van der Waals surface area (Å²) in [7, 11) is 0.402. The van der Waals surface area contributed by atoms with E-state index in [2.05, 4.69) is 107 Å². The molecule has 0 unspecified atom stereocenters. The molecule has 3 heterocycles. The molecule has 0 fully saturated rings. The largest absolute Gasteiger partial charge is 0.327 e. The Morgan fingerprint density at radius 3 is 2.36 bits per heavy atom. The van der Waals surface area contributed by atoms with Gasteiger partial charge in [-0.05, 0) is 53.1 Å². The molecule has 0 saturated carbocycles.